The van der Waals surface area contributed by atoms with Crippen LogP contribution < -0.4 is 10.5 Å². The summed E-state index contributed by atoms with van der Waals surface area (Å²) in [4.78, 5) is 43.1. The van der Waals surface area contributed by atoms with Crippen LogP contribution in [0.15, 0.2) is 114 Å². The van der Waals surface area contributed by atoms with Gasteiger partial charge in [-0.2, -0.15) is 0 Å². The fraction of sp³-hybridized carbons (Fsp3) is 0.154. The minimum absolute atomic E-state index is 0.117. The number of aromatic nitrogens is 1. The maximum absolute atomic E-state index is 14.5. The van der Waals surface area contributed by atoms with E-state index < -0.39 is 63.8 Å². The first-order valence-corrected chi connectivity index (χ1v) is 15.8. The van der Waals surface area contributed by atoms with Gasteiger partial charge in [-0.25, -0.2) is 17.6 Å². The molecule has 0 unspecified atom stereocenters. The topological polar surface area (TPSA) is 82.8 Å². The van der Waals surface area contributed by atoms with E-state index in [-0.39, 0.29) is 25.2 Å². The molecule has 0 saturated carbocycles. The first kappa shape index (κ1) is 33.9. The number of amides is 1. The van der Waals surface area contributed by atoms with Gasteiger partial charge in [-0.05, 0) is 52.6 Å². The number of piperazine rings is 1. The van der Waals surface area contributed by atoms with Gasteiger partial charge in [-0.15, -0.1) is 0 Å². The van der Waals surface area contributed by atoms with Gasteiger partial charge in [0.05, 0.1) is 12.1 Å². The van der Waals surface area contributed by atoms with Crippen molar-refractivity contribution in [3.63, 3.8) is 0 Å². The normalized spacial score (nSPS) is 13.4. The van der Waals surface area contributed by atoms with Gasteiger partial charge in [0.15, 0.2) is 0 Å². The Morgan fingerprint density at radius 2 is 1.34 bits per heavy atom. The fourth-order valence-corrected chi connectivity index (χ4v) is 5.91. The summed E-state index contributed by atoms with van der Waals surface area (Å²) in [6, 6.07) is 25.5. The highest BCUT2D eigenvalue weighted by Crippen LogP contribution is 2.24. The molecule has 1 aliphatic rings. The highest BCUT2D eigenvalue weighted by Gasteiger charge is 2.26. The maximum Gasteiger partial charge on any atom is 0.294 e. The van der Waals surface area contributed by atoms with Crippen LogP contribution in [0.2, 0.25) is 0 Å². The van der Waals surface area contributed by atoms with Crippen molar-refractivity contribution in [2.24, 2.45) is 0 Å². The molecule has 1 aromatic heterocycles. The van der Waals surface area contributed by atoms with Gasteiger partial charge in [-0.1, -0.05) is 54.6 Å². The molecule has 7 nitrogen and oxygen atoms in total. The average molecular weight is 682 g/mol. The van der Waals surface area contributed by atoms with Gasteiger partial charge in [-0.3, -0.25) is 14.4 Å². The Morgan fingerprint density at radius 1 is 0.720 bits per heavy atom. The van der Waals surface area contributed by atoms with Crippen LogP contribution in [0.4, 0.5) is 23.2 Å². The fourth-order valence-electron chi connectivity index (χ4n) is 5.91. The molecular formula is C39H31F4N3O4. The molecule has 0 bridgehead atoms. The number of carbonyl (C=O) groups excluding carboxylic acids is 2. The quantitative estimate of drug-likeness (QED) is 0.0829. The van der Waals surface area contributed by atoms with E-state index in [1.807, 2.05) is 54.6 Å². The molecule has 11 heteroatoms. The zero-order valence-corrected chi connectivity index (χ0v) is 26.7. The van der Waals surface area contributed by atoms with Crippen LogP contribution in [0.25, 0.3) is 16.9 Å². The number of aliphatic hydroxyl groups is 1. The summed E-state index contributed by atoms with van der Waals surface area (Å²) in [5.74, 6) is -6.65. The molecule has 1 aliphatic heterocycles. The lowest BCUT2D eigenvalue weighted by Crippen LogP contribution is -2.50. The summed E-state index contributed by atoms with van der Waals surface area (Å²) >= 11 is 0. The molecule has 1 amide bonds. The van der Waals surface area contributed by atoms with Crippen molar-refractivity contribution in [3.05, 3.63) is 165 Å². The lowest BCUT2D eigenvalue weighted by atomic mass is 10.0. The number of aliphatic hydroxyl groups excluding tert-OH is 1. The van der Waals surface area contributed by atoms with Gasteiger partial charge in [0.2, 0.25) is 5.78 Å². The molecule has 5 aromatic rings. The molecule has 0 spiro atoms. The molecule has 254 valence electrons. The second-order valence-corrected chi connectivity index (χ2v) is 11.9. The predicted octanol–water partition coefficient (Wildman–Crippen LogP) is 6.53. The molecule has 4 aromatic carbocycles. The van der Waals surface area contributed by atoms with Crippen LogP contribution in [-0.2, 0) is 22.6 Å². The maximum atomic E-state index is 14.5. The van der Waals surface area contributed by atoms with Gasteiger partial charge in [0, 0.05) is 68.3 Å². The average Bonchev–Trinajstić information content (AvgIpc) is 3.12. The van der Waals surface area contributed by atoms with Crippen LogP contribution in [0.5, 0.6) is 0 Å². The molecule has 50 heavy (non-hydrogen) atoms. The van der Waals surface area contributed by atoms with Crippen LogP contribution in [0.1, 0.15) is 22.3 Å². The van der Waals surface area contributed by atoms with Crippen molar-refractivity contribution < 1.29 is 32.3 Å². The molecule has 0 aliphatic carbocycles. The van der Waals surface area contributed by atoms with Gasteiger partial charge >= 0.3 is 0 Å². The molecule has 1 fully saturated rings. The van der Waals surface area contributed by atoms with Crippen molar-refractivity contribution in [2.45, 2.75) is 13.0 Å². The van der Waals surface area contributed by atoms with Gasteiger partial charge in [0.25, 0.3) is 11.5 Å². The number of hydrogen-bond acceptors (Lipinski definition) is 5. The summed E-state index contributed by atoms with van der Waals surface area (Å²) in [6.07, 6.45) is 1.51. The Balaban J connectivity index is 1.19. The largest absolute Gasteiger partial charge is 0.507 e. The minimum Gasteiger partial charge on any atom is -0.507 e. The first-order chi connectivity index (χ1) is 24.0. The van der Waals surface area contributed by atoms with E-state index in [4.69, 9.17) is 0 Å². The van der Waals surface area contributed by atoms with E-state index in [2.05, 4.69) is 4.90 Å². The number of halogens is 4. The lowest BCUT2D eigenvalue weighted by molar-refractivity contribution is -0.142. The van der Waals surface area contributed by atoms with Crippen molar-refractivity contribution in [2.75, 3.05) is 31.1 Å². The third-order valence-corrected chi connectivity index (χ3v) is 8.56. The first-order valence-electron chi connectivity index (χ1n) is 15.8. The number of hydrogen-bond donors (Lipinski definition) is 1. The van der Waals surface area contributed by atoms with Crippen molar-refractivity contribution in [3.8, 4) is 11.1 Å². The number of carbonyl (C=O) groups is 2. The summed E-state index contributed by atoms with van der Waals surface area (Å²) in [7, 11) is 0. The Morgan fingerprint density at radius 3 is 1.98 bits per heavy atom. The molecule has 0 radical (unpaired) electrons. The number of pyridine rings is 1. The minimum atomic E-state index is -1.15. The third-order valence-electron chi connectivity index (χ3n) is 8.56. The number of ketones is 1. The summed E-state index contributed by atoms with van der Waals surface area (Å²) in [5.41, 5.74) is 2.11. The van der Waals surface area contributed by atoms with Crippen molar-refractivity contribution in [1.82, 2.24) is 9.47 Å². The van der Waals surface area contributed by atoms with E-state index in [1.54, 1.807) is 0 Å². The zero-order valence-electron chi connectivity index (χ0n) is 26.7. The Bertz CT molecular complexity index is 2100. The molecule has 1 N–H and O–H groups in total. The molecule has 1 saturated heterocycles. The second kappa shape index (κ2) is 14.7. The van der Waals surface area contributed by atoms with E-state index in [0.717, 1.165) is 27.4 Å². The van der Waals surface area contributed by atoms with Gasteiger partial charge < -0.3 is 19.5 Å². The molecule has 0 atom stereocenters. The zero-order chi connectivity index (χ0) is 35.4. The summed E-state index contributed by atoms with van der Waals surface area (Å²) in [5, 5.41) is 11.0. The summed E-state index contributed by atoms with van der Waals surface area (Å²) in [6.45, 7) is 1.30. The molecular weight excluding hydrogens is 650 g/mol. The highest BCUT2D eigenvalue weighted by atomic mass is 19.1. The SMILES string of the molecule is O=C(/C=C(/O)c1cc(Cc2c(F)cc(F)cc2F)cn(Cc2ccc(F)cc2)c1=O)C(=O)N1CCN(c2ccc(-c3ccccc3)cc2)CC1. The Kier molecular flexibility index (Phi) is 9.94. The van der Waals surface area contributed by atoms with Crippen LogP contribution in [0, 0.1) is 23.3 Å². The van der Waals surface area contributed by atoms with Crippen molar-refractivity contribution >= 4 is 23.1 Å². The Labute approximate surface area is 285 Å². The second-order valence-electron chi connectivity index (χ2n) is 11.9. The van der Waals surface area contributed by atoms with E-state index in [1.165, 1.54) is 35.4 Å². The smallest absolute Gasteiger partial charge is 0.294 e. The molecule has 6 rings (SSSR count). The number of benzene rings is 4. The Hall–Kier alpha value is -5.97. The van der Waals surface area contributed by atoms with E-state index >= 15 is 0 Å². The van der Waals surface area contributed by atoms with E-state index in [0.29, 0.717) is 36.9 Å². The number of nitrogens with zero attached hydrogens (tertiary/aromatic N) is 3. The predicted molar refractivity (Wildman–Crippen MR) is 182 cm³/mol. The number of rotatable bonds is 9. The van der Waals surface area contributed by atoms with Crippen LogP contribution >= 0.6 is 0 Å². The van der Waals surface area contributed by atoms with Crippen LogP contribution in [-0.4, -0.2) is 52.4 Å². The number of anilines is 1. The van der Waals surface area contributed by atoms with E-state index in [9.17, 15) is 37.1 Å². The van der Waals surface area contributed by atoms with Crippen LogP contribution in [0.3, 0.4) is 0 Å². The van der Waals surface area contributed by atoms with Crippen molar-refractivity contribution in [1.29, 1.82) is 0 Å². The standard InChI is InChI=1S/C39H31F4N3O4/c40-29-10-6-25(7-11-29)23-46-24-26(18-32-34(42)20-30(41)21-35(32)43)19-33(38(46)49)36(47)22-37(48)39(50)45-16-14-44(15-17-45)31-12-8-28(9-13-31)27-4-2-1-3-5-27/h1-13,19-22,24,47H,14-18,23H2/b36-22+. The highest BCUT2D eigenvalue weighted by molar-refractivity contribution is 6.41. The third kappa shape index (κ3) is 7.67. The van der Waals surface area contributed by atoms with Gasteiger partial charge in [0.1, 0.15) is 29.0 Å². The lowest BCUT2D eigenvalue weighted by Gasteiger charge is -2.35. The molecule has 2 heterocycles. The summed E-state index contributed by atoms with van der Waals surface area (Å²) < 4.78 is 57.2. The monoisotopic (exact) mass is 681 g/mol.